The fourth-order valence-corrected chi connectivity index (χ4v) is 4.52. The summed E-state index contributed by atoms with van der Waals surface area (Å²) < 4.78 is 1.83. The molecule has 1 N–H and O–H groups in total. The highest BCUT2D eigenvalue weighted by atomic mass is 32.1. The molecular formula is C22H25N7S. The number of aromatic nitrogens is 4. The Labute approximate surface area is 180 Å². The highest BCUT2D eigenvalue weighted by Crippen LogP contribution is 2.25. The van der Waals surface area contributed by atoms with Gasteiger partial charge in [0.2, 0.25) is 0 Å². The van der Waals surface area contributed by atoms with Crippen LogP contribution >= 0.6 is 11.3 Å². The summed E-state index contributed by atoms with van der Waals surface area (Å²) in [7, 11) is 4.14. The van der Waals surface area contributed by atoms with Crippen LogP contribution in [0.15, 0.2) is 53.2 Å². The first kappa shape index (κ1) is 18.9. The van der Waals surface area contributed by atoms with E-state index in [1.165, 1.54) is 11.4 Å². The van der Waals surface area contributed by atoms with Gasteiger partial charge in [-0.25, -0.2) is 0 Å². The molecule has 154 valence electrons. The van der Waals surface area contributed by atoms with E-state index in [-0.39, 0.29) is 0 Å². The average molecular weight is 420 g/mol. The third-order valence-electron chi connectivity index (χ3n) is 5.62. The normalized spacial score (nSPS) is 14.9. The van der Waals surface area contributed by atoms with Gasteiger partial charge < -0.3 is 15.1 Å². The van der Waals surface area contributed by atoms with Crippen LogP contribution in [0.5, 0.6) is 0 Å². The SMILES string of the molecule is CN(C)c1ccc(N2CCC(Nc3ccc4nnc(-c5ccsc5)n4n3)CC2)cc1. The van der Waals surface area contributed by atoms with Crippen LogP contribution in [-0.2, 0) is 0 Å². The zero-order valence-corrected chi connectivity index (χ0v) is 18.0. The summed E-state index contributed by atoms with van der Waals surface area (Å²) in [5.74, 6) is 1.65. The Hall–Kier alpha value is -3.13. The third-order valence-corrected chi connectivity index (χ3v) is 6.30. The summed E-state index contributed by atoms with van der Waals surface area (Å²) in [5, 5.41) is 21.0. The number of hydrogen-bond donors (Lipinski definition) is 1. The van der Waals surface area contributed by atoms with Crippen molar-refractivity contribution in [1.29, 1.82) is 0 Å². The molecule has 8 heteroatoms. The van der Waals surface area contributed by atoms with E-state index in [0.717, 1.165) is 48.8 Å². The molecule has 0 atom stereocenters. The molecule has 0 radical (unpaired) electrons. The molecule has 30 heavy (non-hydrogen) atoms. The minimum absolute atomic E-state index is 0.410. The van der Waals surface area contributed by atoms with Crippen LogP contribution in [0.4, 0.5) is 17.2 Å². The molecular weight excluding hydrogens is 394 g/mol. The molecule has 1 aliphatic rings. The summed E-state index contributed by atoms with van der Waals surface area (Å²) in [4.78, 5) is 4.59. The van der Waals surface area contributed by atoms with E-state index in [4.69, 9.17) is 5.10 Å². The first-order valence-electron chi connectivity index (χ1n) is 10.2. The number of rotatable bonds is 5. The predicted molar refractivity (Wildman–Crippen MR) is 124 cm³/mol. The lowest BCUT2D eigenvalue weighted by atomic mass is 10.0. The lowest BCUT2D eigenvalue weighted by Gasteiger charge is -2.34. The van der Waals surface area contributed by atoms with Crippen LogP contribution in [0.2, 0.25) is 0 Å². The summed E-state index contributed by atoms with van der Waals surface area (Å²) in [6.07, 6.45) is 2.16. The molecule has 0 aliphatic carbocycles. The molecule has 1 fully saturated rings. The predicted octanol–water partition coefficient (Wildman–Crippen LogP) is 4.00. The van der Waals surface area contributed by atoms with Gasteiger partial charge in [0.25, 0.3) is 0 Å². The summed E-state index contributed by atoms with van der Waals surface area (Å²) >= 11 is 1.65. The van der Waals surface area contributed by atoms with Gasteiger partial charge in [-0.05, 0) is 60.7 Å². The topological polar surface area (TPSA) is 61.6 Å². The van der Waals surface area contributed by atoms with E-state index in [0.29, 0.717) is 6.04 Å². The van der Waals surface area contributed by atoms with Gasteiger partial charge in [0, 0.05) is 55.5 Å². The van der Waals surface area contributed by atoms with Gasteiger partial charge in [-0.15, -0.1) is 15.3 Å². The Morgan fingerprint density at radius 1 is 1.00 bits per heavy atom. The number of thiophene rings is 1. The minimum atomic E-state index is 0.410. The van der Waals surface area contributed by atoms with Crippen molar-refractivity contribution < 1.29 is 0 Å². The standard InChI is InChI=1S/C22H25N7S/c1-27(2)18-3-5-19(6-4-18)28-12-9-17(10-13-28)23-20-7-8-21-24-25-22(29(21)26-20)16-11-14-30-15-16/h3-8,11,14-15,17H,9-10,12-13H2,1-2H3,(H,23,26). The van der Waals surface area contributed by atoms with Gasteiger partial charge in [-0.1, -0.05) is 0 Å². The van der Waals surface area contributed by atoms with E-state index in [2.05, 4.69) is 69.1 Å². The summed E-state index contributed by atoms with van der Waals surface area (Å²) in [6.45, 7) is 2.07. The van der Waals surface area contributed by atoms with Crippen LogP contribution in [0, 0.1) is 0 Å². The Kier molecular flexibility index (Phi) is 5.00. The molecule has 4 heterocycles. The largest absolute Gasteiger partial charge is 0.378 e. The Morgan fingerprint density at radius 3 is 2.50 bits per heavy atom. The van der Waals surface area contributed by atoms with Crippen molar-refractivity contribution in [3.8, 4) is 11.4 Å². The number of fused-ring (bicyclic) bond motifs is 1. The van der Waals surface area contributed by atoms with E-state index in [1.54, 1.807) is 11.3 Å². The number of anilines is 3. The molecule has 4 aromatic rings. The number of piperidine rings is 1. The van der Waals surface area contributed by atoms with Crippen molar-refractivity contribution in [2.75, 3.05) is 42.3 Å². The lowest BCUT2D eigenvalue weighted by molar-refractivity contribution is 0.524. The zero-order valence-electron chi connectivity index (χ0n) is 17.2. The van der Waals surface area contributed by atoms with Crippen LogP contribution in [0.25, 0.3) is 17.0 Å². The smallest absolute Gasteiger partial charge is 0.186 e. The van der Waals surface area contributed by atoms with Crippen molar-refractivity contribution in [3.05, 3.63) is 53.2 Å². The molecule has 0 unspecified atom stereocenters. The Bertz CT molecular complexity index is 1110. The highest BCUT2D eigenvalue weighted by Gasteiger charge is 2.20. The van der Waals surface area contributed by atoms with Gasteiger partial charge >= 0.3 is 0 Å². The van der Waals surface area contributed by atoms with Crippen LogP contribution in [0.3, 0.4) is 0 Å². The van der Waals surface area contributed by atoms with Crippen LogP contribution in [-0.4, -0.2) is 53.0 Å². The second-order valence-electron chi connectivity index (χ2n) is 7.84. The first-order valence-corrected chi connectivity index (χ1v) is 11.2. The van der Waals surface area contributed by atoms with E-state index in [9.17, 15) is 0 Å². The van der Waals surface area contributed by atoms with E-state index >= 15 is 0 Å². The summed E-state index contributed by atoms with van der Waals surface area (Å²) in [5.41, 5.74) is 4.33. The quantitative estimate of drug-likeness (QED) is 0.528. The molecule has 0 bridgehead atoms. The maximum Gasteiger partial charge on any atom is 0.186 e. The maximum atomic E-state index is 4.76. The monoisotopic (exact) mass is 419 g/mol. The van der Waals surface area contributed by atoms with Gasteiger partial charge in [0.1, 0.15) is 5.82 Å². The highest BCUT2D eigenvalue weighted by molar-refractivity contribution is 7.08. The van der Waals surface area contributed by atoms with Gasteiger partial charge in [-0.2, -0.15) is 15.9 Å². The number of nitrogens with one attached hydrogen (secondary N) is 1. The molecule has 5 rings (SSSR count). The van der Waals surface area contributed by atoms with Gasteiger partial charge in [-0.3, -0.25) is 0 Å². The van der Waals surface area contributed by atoms with Crippen molar-refractivity contribution in [2.45, 2.75) is 18.9 Å². The molecule has 0 amide bonds. The second-order valence-corrected chi connectivity index (χ2v) is 8.62. The molecule has 3 aromatic heterocycles. The molecule has 0 saturated carbocycles. The molecule has 1 saturated heterocycles. The minimum Gasteiger partial charge on any atom is -0.378 e. The van der Waals surface area contributed by atoms with Crippen LogP contribution < -0.4 is 15.1 Å². The van der Waals surface area contributed by atoms with Crippen molar-refractivity contribution in [1.82, 2.24) is 19.8 Å². The average Bonchev–Trinajstić information content (AvgIpc) is 3.44. The second kappa shape index (κ2) is 7.95. The zero-order chi connectivity index (χ0) is 20.5. The van der Waals surface area contributed by atoms with E-state index in [1.807, 2.05) is 28.1 Å². The van der Waals surface area contributed by atoms with Crippen LogP contribution in [0.1, 0.15) is 12.8 Å². The van der Waals surface area contributed by atoms with Gasteiger partial charge in [0.05, 0.1) is 0 Å². The van der Waals surface area contributed by atoms with Crippen molar-refractivity contribution >= 4 is 34.2 Å². The van der Waals surface area contributed by atoms with Gasteiger partial charge in [0.15, 0.2) is 11.5 Å². The molecule has 1 aliphatic heterocycles. The Balaban J connectivity index is 1.25. The number of benzene rings is 1. The number of nitrogens with zero attached hydrogens (tertiary/aromatic N) is 6. The summed E-state index contributed by atoms with van der Waals surface area (Å²) in [6, 6.07) is 15.2. The number of hydrogen-bond acceptors (Lipinski definition) is 7. The lowest BCUT2D eigenvalue weighted by Crippen LogP contribution is -2.39. The third kappa shape index (κ3) is 3.70. The van der Waals surface area contributed by atoms with Crippen molar-refractivity contribution in [3.63, 3.8) is 0 Å². The maximum absolute atomic E-state index is 4.76. The van der Waals surface area contributed by atoms with Crippen molar-refractivity contribution in [2.24, 2.45) is 0 Å². The first-order chi connectivity index (χ1) is 14.7. The Morgan fingerprint density at radius 2 is 1.80 bits per heavy atom. The molecule has 0 spiro atoms. The molecule has 7 nitrogen and oxygen atoms in total. The molecule has 1 aromatic carbocycles. The fourth-order valence-electron chi connectivity index (χ4n) is 3.89. The van der Waals surface area contributed by atoms with E-state index < -0.39 is 0 Å². The fraction of sp³-hybridized carbons (Fsp3) is 0.318.